The molecule has 30 heavy (non-hydrogen) atoms. The van der Waals surface area contributed by atoms with Crippen molar-refractivity contribution in [2.45, 2.75) is 6.10 Å². The highest BCUT2D eigenvalue weighted by atomic mass is 16.3. The lowest BCUT2D eigenvalue weighted by molar-refractivity contribution is 0.0450. The number of nitrogens with zero attached hydrogens (tertiary/aromatic N) is 2. The molecule has 152 valence electrons. The maximum Gasteiger partial charge on any atom is 0.100 e. The molecular formula is C23H22N4O3. The monoisotopic (exact) mass is 402 g/mol. The molecule has 0 unspecified atom stereocenters. The second-order valence-corrected chi connectivity index (χ2v) is 6.92. The molecule has 0 fully saturated rings. The molecular weight excluding hydrogens is 380 g/mol. The molecule has 2 aliphatic heterocycles. The van der Waals surface area contributed by atoms with Crippen LogP contribution in [0.25, 0.3) is 46.4 Å². The first-order valence-corrected chi connectivity index (χ1v) is 9.55. The van der Waals surface area contributed by atoms with Crippen LogP contribution in [0.4, 0.5) is 0 Å². The summed E-state index contributed by atoms with van der Waals surface area (Å²) in [6, 6.07) is 16.4. The van der Waals surface area contributed by atoms with Gasteiger partial charge < -0.3 is 25.3 Å². The largest absolute Gasteiger partial charge is 0.394 e. The average molecular weight is 402 g/mol. The van der Waals surface area contributed by atoms with E-state index in [2.05, 4.69) is 44.2 Å². The molecule has 3 aromatic heterocycles. The number of aromatic nitrogens is 4. The van der Waals surface area contributed by atoms with E-state index in [0.29, 0.717) is 0 Å². The van der Waals surface area contributed by atoms with Gasteiger partial charge in [-0.2, -0.15) is 0 Å². The van der Waals surface area contributed by atoms with Crippen LogP contribution in [0.1, 0.15) is 22.8 Å². The van der Waals surface area contributed by atoms with Gasteiger partial charge >= 0.3 is 0 Å². The zero-order valence-electron chi connectivity index (χ0n) is 16.2. The highest BCUT2D eigenvalue weighted by Gasteiger charge is 2.01. The average Bonchev–Trinajstić information content (AvgIpc) is 3.53. The van der Waals surface area contributed by atoms with Crippen molar-refractivity contribution >= 4 is 46.4 Å². The van der Waals surface area contributed by atoms with Crippen molar-refractivity contribution in [1.29, 1.82) is 0 Å². The quantitative estimate of drug-likeness (QED) is 0.311. The van der Waals surface area contributed by atoms with Crippen LogP contribution in [0.15, 0.2) is 48.5 Å². The zero-order valence-corrected chi connectivity index (χ0v) is 16.2. The lowest BCUT2D eigenvalue weighted by Gasteiger charge is -1.96. The summed E-state index contributed by atoms with van der Waals surface area (Å²) in [7, 11) is 0. The number of aliphatic hydroxyl groups is 3. The summed E-state index contributed by atoms with van der Waals surface area (Å²) in [5.41, 5.74) is 7.86. The standard InChI is InChI=1S/C20H14N4.C3H8O3/c1-2-14-10-16-5-6-18(23-16)12-20-8-7-19(24-20)11-17-4-3-15(22-17)9-13(1)21-14;4-1-3(6)2-5/h1-12,21,24H;3-6H,1-2H2. The third-order valence-corrected chi connectivity index (χ3v) is 4.46. The second kappa shape index (κ2) is 8.87. The van der Waals surface area contributed by atoms with Crippen LogP contribution < -0.4 is 0 Å². The highest BCUT2D eigenvalue weighted by molar-refractivity contribution is 5.77. The number of H-pyrrole nitrogens is 2. The van der Waals surface area contributed by atoms with E-state index >= 15 is 0 Å². The molecule has 0 aliphatic carbocycles. The molecule has 0 spiro atoms. The van der Waals surface area contributed by atoms with Crippen molar-refractivity contribution in [3.8, 4) is 0 Å². The first kappa shape index (κ1) is 19.8. The fourth-order valence-electron chi connectivity index (χ4n) is 3.00. The molecule has 0 aromatic carbocycles. The smallest absolute Gasteiger partial charge is 0.100 e. The Balaban J connectivity index is 0.000000322. The van der Waals surface area contributed by atoms with Crippen LogP contribution in [0.3, 0.4) is 0 Å². The minimum Gasteiger partial charge on any atom is -0.394 e. The maximum absolute atomic E-state index is 8.17. The number of nitrogens with one attached hydrogen (secondary N) is 2. The summed E-state index contributed by atoms with van der Waals surface area (Å²) < 4.78 is 0. The van der Waals surface area contributed by atoms with E-state index in [0.717, 1.165) is 44.8 Å². The number of fused-ring (bicyclic) bond motifs is 8. The molecule has 5 heterocycles. The fraction of sp³-hybridized carbons (Fsp3) is 0.130. The van der Waals surface area contributed by atoms with E-state index in [-0.39, 0.29) is 13.2 Å². The number of aliphatic hydroxyl groups excluding tert-OH is 3. The summed E-state index contributed by atoms with van der Waals surface area (Å²) in [6.07, 6.45) is 7.14. The summed E-state index contributed by atoms with van der Waals surface area (Å²) >= 11 is 0. The first-order chi connectivity index (χ1) is 14.6. The number of hydrogen-bond donors (Lipinski definition) is 5. The Hall–Kier alpha value is -3.52. The van der Waals surface area contributed by atoms with Gasteiger partial charge in [0.2, 0.25) is 0 Å². The normalized spacial score (nSPS) is 12.1. The summed E-state index contributed by atoms with van der Waals surface area (Å²) in [4.78, 5) is 16.0. The molecule has 2 aliphatic rings. The molecule has 3 aromatic rings. The molecule has 5 N–H and O–H groups in total. The van der Waals surface area contributed by atoms with Crippen molar-refractivity contribution in [2.24, 2.45) is 0 Å². The van der Waals surface area contributed by atoms with E-state index in [1.165, 1.54) is 0 Å². The Labute approximate surface area is 172 Å². The molecule has 0 saturated carbocycles. The molecule has 0 saturated heterocycles. The van der Waals surface area contributed by atoms with Gasteiger partial charge in [0.05, 0.1) is 36.0 Å². The maximum atomic E-state index is 8.17. The zero-order chi connectivity index (χ0) is 20.9. The number of rotatable bonds is 2. The van der Waals surface area contributed by atoms with Gasteiger partial charge in [0.1, 0.15) is 6.10 Å². The van der Waals surface area contributed by atoms with Crippen LogP contribution in [0.5, 0.6) is 0 Å². The third kappa shape index (κ3) is 4.90. The number of aromatic amines is 2. The van der Waals surface area contributed by atoms with Crippen LogP contribution in [0, 0.1) is 0 Å². The Kier molecular flexibility index (Phi) is 5.85. The van der Waals surface area contributed by atoms with Gasteiger partial charge in [-0.3, -0.25) is 0 Å². The van der Waals surface area contributed by atoms with Gasteiger partial charge in [-0.1, -0.05) is 0 Å². The number of hydrogen-bond acceptors (Lipinski definition) is 5. The van der Waals surface area contributed by atoms with Crippen molar-refractivity contribution in [1.82, 2.24) is 19.9 Å². The van der Waals surface area contributed by atoms with Crippen LogP contribution >= 0.6 is 0 Å². The predicted molar refractivity (Wildman–Crippen MR) is 119 cm³/mol. The first-order valence-electron chi connectivity index (χ1n) is 9.55. The topological polar surface area (TPSA) is 118 Å². The molecule has 0 radical (unpaired) electrons. The van der Waals surface area contributed by atoms with Crippen LogP contribution in [-0.2, 0) is 0 Å². The second-order valence-electron chi connectivity index (χ2n) is 6.92. The van der Waals surface area contributed by atoms with Crippen molar-refractivity contribution in [3.05, 3.63) is 71.3 Å². The fourth-order valence-corrected chi connectivity index (χ4v) is 3.00. The minimum atomic E-state index is -0.954. The molecule has 0 amide bonds. The lowest BCUT2D eigenvalue weighted by Crippen LogP contribution is -2.15. The Morgan fingerprint density at radius 1 is 0.600 bits per heavy atom. The van der Waals surface area contributed by atoms with E-state index in [4.69, 9.17) is 15.3 Å². The summed E-state index contributed by atoms with van der Waals surface area (Å²) in [6.45, 7) is -0.729. The van der Waals surface area contributed by atoms with E-state index in [1.807, 2.05) is 48.6 Å². The van der Waals surface area contributed by atoms with E-state index < -0.39 is 6.10 Å². The lowest BCUT2D eigenvalue weighted by atomic mass is 10.3. The predicted octanol–water partition coefficient (Wildman–Crippen LogP) is 2.99. The molecule has 8 bridgehead atoms. The van der Waals surface area contributed by atoms with Crippen molar-refractivity contribution < 1.29 is 15.3 Å². The highest BCUT2D eigenvalue weighted by Crippen LogP contribution is 2.16. The van der Waals surface area contributed by atoms with Crippen molar-refractivity contribution in [3.63, 3.8) is 0 Å². The van der Waals surface area contributed by atoms with Crippen LogP contribution in [-0.4, -0.2) is 54.6 Å². The minimum absolute atomic E-state index is 0.365. The van der Waals surface area contributed by atoms with Gasteiger partial charge in [0.25, 0.3) is 0 Å². The van der Waals surface area contributed by atoms with Gasteiger partial charge in [0, 0.05) is 22.1 Å². The van der Waals surface area contributed by atoms with Gasteiger partial charge in [-0.15, -0.1) is 0 Å². The van der Waals surface area contributed by atoms with E-state index in [1.54, 1.807) is 0 Å². The van der Waals surface area contributed by atoms with Crippen molar-refractivity contribution in [2.75, 3.05) is 13.2 Å². The SMILES string of the molecule is C1=Cc2cc3ccc(cc4nc(cc5ccc(cc1n2)[nH]5)C=C4)[nH]3.OCC(O)CO. The molecule has 5 rings (SSSR count). The van der Waals surface area contributed by atoms with Gasteiger partial charge in [0.15, 0.2) is 0 Å². The Bertz CT molecular complexity index is 1080. The molecule has 0 atom stereocenters. The third-order valence-electron chi connectivity index (χ3n) is 4.46. The van der Waals surface area contributed by atoms with E-state index in [9.17, 15) is 0 Å². The van der Waals surface area contributed by atoms with Gasteiger partial charge in [-0.25, -0.2) is 9.97 Å². The summed E-state index contributed by atoms with van der Waals surface area (Å²) in [5, 5.41) is 24.0. The molecule has 7 nitrogen and oxygen atoms in total. The Morgan fingerprint density at radius 2 is 0.900 bits per heavy atom. The van der Waals surface area contributed by atoms with Crippen LogP contribution in [0.2, 0.25) is 0 Å². The van der Waals surface area contributed by atoms with Gasteiger partial charge in [-0.05, 0) is 72.8 Å². The summed E-state index contributed by atoms with van der Waals surface area (Å²) in [5.74, 6) is 0. The molecule has 7 heteroatoms. The Morgan fingerprint density at radius 3 is 1.13 bits per heavy atom.